The van der Waals surface area contributed by atoms with E-state index in [1.807, 2.05) is 47.2 Å². The van der Waals surface area contributed by atoms with Crippen LogP contribution in [0, 0.1) is 5.82 Å². The van der Waals surface area contributed by atoms with Crippen LogP contribution in [0.25, 0.3) is 11.1 Å². The summed E-state index contributed by atoms with van der Waals surface area (Å²) in [6, 6.07) is 14.8. The molecule has 0 fully saturated rings. The number of carboxylic acid groups (broad SMARTS) is 1. The Kier molecular flexibility index (Phi) is 6.33. The molecule has 0 saturated heterocycles. The van der Waals surface area contributed by atoms with Crippen LogP contribution in [0.15, 0.2) is 60.7 Å². The average molecular weight is 474 g/mol. The van der Waals surface area contributed by atoms with Crippen LogP contribution in [0.2, 0.25) is 0 Å². The highest BCUT2D eigenvalue weighted by Gasteiger charge is 2.41. The molecule has 1 atom stereocenters. The second-order valence-electron chi connectivity index (χ2n) is 8.24. The van der Waals surface area contributed by atoms with Crippen molar-refractivity contribution < 1.29 is 32.6 Å². The fourth-order valence-electron chi connectivity index (χ4n) is 4.17. The molecule has 2 N–H and O–H groups in total. The molecule has 3 aromatic carbocycles. The number of hydrogen-bond donors (Lipinski definition) is 2. The zero-order valence-corrected chi connectivity index (χ0v) is 18.2. The van der Waals surface area contributed by atoms with Gasteiger partial charge in [-0.05, 0) is 60.1 Å². The molecule has 0 radical (unpaired) electrons. The number of nitrogens with zero attached hydrogens (tertiary/aromatic N) is 2. The number of fused-ring (bicyclic) bond motifs is 1. The fraction of sp³-hybridized carbons (Fsp3) is 0.240. The Labute approximate surface area is 193 Å². The molecule has 4 rings (SSSR count). The van der Waals surface area contributed by atoms with Crippen LogP contribution in [0.3, 0.4) is 0 Å². The maximum Gasteiger partial charge on any atom is 0.418 e. The third-order valence-electron chi connectivity index (χ3n) is 5.87. The molecule has 1 aliphatic rings. The first-order valence-corrected chi connectivity index (χ1v) is 10.5. The van der Waals surface area contributed by atoms with E-state index in [1.54, 1.807) is 0 Å². The average Bonchev–Trinajstić information content (AvgIpc) is 2.95. The molecule has 0 saturated carbocycles. The van der Waals surface area contributed by atoms with Crippen molar-refractivity contribution in [2.75, 3.05) is 25.0 Å². The van der Waals surface area contributed by atoms with Crippen LogP contribution in [0.4, 0.5) is 28.9 Å². The van der Waals surface area contributed by atoms with Crippen molar-refractivity contribution in [2.24, 2.45) is 0 Å². The molecule has 1 heterocycles. The number of aliphatic hydroxyl groups is 1. The zero-order chi connectivity index (χ0) is 24.6. The number of halogens is 4. The van der Waals surface area contributed by atoms with Crippen molar-refractivity contribution in [2.45, 2.75) is 18.8 Å². The second-order valence-corrected chi connectivity index (χ2v) is 8.24. The molecule has 178 valence electrons. The van der Waals surface area contributed by atoms with E-state index in [2.05, 4.69) is 0 Å². The van der Waals surface area contributed by atoms with E-state index in [0.717, 1.165) is 23.9 Å². The second kappa shape index (κ2) is 9.08. The van der Waals surface area contributed by atoms with E-state index in [-0.39, 0.29) is 16.7 Å². The van der Waals surface area contributed by atoms with E-state index < -0.39 is 29.6 Å². The number of anilines is 2. The van der Waals surface area contributed by atoms with Crippen molar-refractivity contribution in [1.82, 2.24) is 4.90 Å². The zero-order valence-electron chi connectivity index (χ0n) is 18.2. The number of likely N-dealkylation sites (N-methyl/N-ethyl adjacent to an activating group) is 1. The lowest BCUT2D eigenvalue weighted by molar-refractivity contribution is -0.206. The number of benzene rings is 3. The van der Waals surface area contributed by atoms with Gasteiger partial charge < -0.3 is 20.0 Å². The molecular formula is C25H22F4N2O3. The van der Waals surface area contributed by atoms with Crippen LogP contribution in [-0.4, -0.2) is 47.4 Å². The monoisotopic (exact) mass is 474 g/mol. The van der Waals surface area contributed by atoms with Gasteiger partial charge in [-0.2, -0.15) is 13.2 Å². The van der Waals surface area contributed by atoms with Gasteiger partial charge in [0.2, 0.25) is 0 Å². The number of alkyl halides is 3. The van der Waals surface area contributed by atoms with Gasteiger partial charge in [-0.25, -0.2) is 9.18 Å². The van der Waals surface area contributed by atoms with Crippen LogP contribution in [0.1, 0.15) is 27.6 Å². The summed E-state index contributed by atoms with van der Waals surface area (Å²) in [6.45, 7) is 1.63. The number of rotatable bonds is 4. The maximum absolute atomic E-state index is 15.5. The highest BCUT2D eigenvalue weighted by atomic mass is 19.4. The van der Waals surface area contributed by atoms with Gasteiger partial charge in [-0.1, -0.05) is 24.3 Å². The van der Waals surface area contributed by atoms with E-state index in [1.165, 1.54) is 12.1 Å². The Balaban J connectivity index is 1.92. The summed E-state index contributed by atoms with van der Waals surface area (Å²) in [5.74, 6) is -2.19. The highest BCUT2D eigenvalue weighted by Crippen LogP contribution is 2.41. The molecule has 3 aromatic rings. The molecule has 0 aliphatic carbocycles. The predicted octanol–water partition coefficient (Wildman–Crippen LogP) is 5.37. The normalized spacial score (nSPS) is 15.5. The van der Waals surface area contributed by atoms with Gasteiger partial charge in [0, 0.05) is 36.6 Å². The fourth-order valence-corrected chi connectivity index (χ4v) is 4.17. The van der Waals surface area contributed by atoms with Gasteiger partial charge in [0.25, 0.3) is 0 Å². The molecule has 34 heavy (non-hydrogen) atoms. The van der Waals surface area contributed by atoms with Gasteiger partial charge in [0.15, 0.2) is 6.10 Å². The quantitative estimate of drug-likeness (QED) is 0.498. The van der Waals surface area contributed by atoms with Crippen molar-refractivity contribution in [3.63, 3.8) is 0 Å². The van der Waals surface area contributed by atoms with E-state index in [0.29, 0.717) is 30.9 Å². The van der Waals surface area contributed by atoms with Gasteiger partial charge in [0.1, 0.15) is 5.82 Å². The number of hydrogen-bond acceptors (Lipinski definition) is 4. The predicted molar refractivity (Wildman–Crippen MR) is 120 cm³/mol. The summed E-state index contributed by atoms with van der Waals surface area (Å²) in [6.07, 6.45) is -7.90. The van der Waals surface area contributed by atoms with Gasteiger partial charge in [-0.3, -0.25) is 0 Å². The van der Waals surface area contributed by atoms with Crippen molar-refractivity contribution in [3.05, 3.63) is 83.2 Å². The highest BCUT2D eigenvalue weighted by molar-refractivity contribution is 5.90. The lowest BCUT2D eigenvalue weighted by atomic mass is 9.91. The molecule has 9 heteroatoms. The van der Waals surface area contributed by atoms with Crippen molar-refractivity contribution in [3.8, 4) is 11.1 Å². The Morgan fingerprint density at radius 3 is 2.35 bits per heavy atom. The van der Waals surface area contributed by atoms with Crippen LogP contribution in [-0.2, 0) is 6.54 Å². The number of aromatic carboxylic acids is 1. The summed E-state index contributed by atoms with van der Waals surface area (Å²) < 4.78 is 55.5. The molecular weight excluding hydrogens is 452 g/mol. The minimum absolute atomic E-state index is 0.205. The summed E-state index contributed by atoms with van der Waals surface area (Å²) >= 11 is 0. The van der Waals surface area contributed by atoms with Gasteiger partial charge in [0.05, 0.1) is 5.56 Å². The summed E-state index contributed by atoms with van der Waals surface area (Å²) in [5, 5.41) is 19.3. The first-order chi connectivity index (χ1) is 16.1. The van der Waals surface area contributed by atoms with Gasteiger partial charge in [-0.15, -0.1) is 0 Å². The summed E-state index contributed by atoms with van der Waals surface area (Å²) in [7, 11) is 1.88. The third-order valence-corrected chi connectivity index (χ3v) is 5.87. The molecule has 0 bridgehead atoms. The Hall–Kier alpha value is -3.43. The topological polar surface area (TPSA) is 64.0 Å². The van der Waals surface area contributed by atoms with Crippen LogP contribution < -0.4 is 4.90 Å². The summed E-state index contributed by atoms with van der Waals surface area (Å²) in [4.78, 5) is 15.4. The SMILES string of the molecule is CN1CCN(c2ccccc2)c2cc(F)c(-c3cc(C(=O)O)ccc3C(O)C(F)(F)F)cc2C1. The smallest absolute Gasteiger partial charge is 0.418 e. The Morgan fingerprint density at radius 2 is 1.71 bits per heavy atom. The summed E-state index contributed by atoms with van der Waals surface area (Å²) in [5.41, 5.74) is 0.625. The van der Waals surface area contributed by atoms with E-state index in [9.17, 15) is 28.2 Å². The number of carboxylic acids is 1. The minimum atomic E-state index is -5.01. The molecule has 0 amide bonds. The molecule has 5 nitrogen and oxygen atoms in total. The molecule has 0 spiro atoms. The lowest BCUT2D eigenvalue weighted by Gasteiger charge is -2.26. The van der Waals surface area contributed by atoms with Crippen LogP contribution in [0.5, 0.6) is 0 Å². The number of aliphatic hydroxyl groups excluding tert-OH is 1. The third kappa shape index (κ3) is 4.62. The van der Waals surface area contributed by atoms with E-state index in [4.69, 9.17) is 0 Å². The first-order valence-electron chi connectivity index (χ1n) is 10.5. The Bertz CT molecular complexity index is 1210. The molecule has 1 unspecified atom stereocenters. The van der Waals surface area contributed by atoms with Crippen molar-refractivity contribution in [1.29, 1.82) is 0 Å². The first kappa shape index (κ1) is 23.7. The number of carbonyl (C=O) groups is 1. The van der Waals surface area contributed by atoms with E-state index >= 15 is 4.39 Å². The number of para-hydroxylation sites is 1. The van der Waals surface area contributed by atoms with Crippen LogP contribution >= 0.6 is 0 Å². The van der Waals surface area contributed by atoms with Crippen molar-refractivity contribution >= 4 is 17.3 Å². The van der Waals surface area contributed by atoms with Gasteiger partial charge >= 0.3 is 12.1 Å². The standard InChI is InChI=1S/C25H22F4N2O3/c1-30-9-10-31(17-5-3-2-4-6-17)22-13-21(26)20(12-16(22)14-30)19-11-15(24(33)34)7-8-18(19)23(32)25(27,28)29/h2-8,11-13,23,32H,9-10,14H2,1H3,(H,33,34). The lowest BCUT2D eigenvalue weighted by Crippen LogP contribution is -2.26. The molecule has 1 aliphatic heterocycles. The minimum Gasteiger partial charge on any atom is -0.478 e. The maximum atomic E-state index is 15.5. The largest absolute Gasteiger partial charge is 0.478 e. The molecule has 0 aromatic heterocycles. The Morgan fingerprint density at radius 1 is 1.00 bits per heavy atom.